The van der Waals surface area contributed by atoms with Crippen molar-refractivity contribution in [1.82, 2.24) is 29.6 Å². The van der Waals surface area contributed by atoms with Gasteiger partial charge in [0.25, 0.3) is 5.91 Å². The van der Waals surface area contributed by atoms with Crippen LogP contribution in [-0.2, 0) is 16.5 Å². The first kappa shape index (κ1) is 23.0. The summed E-state index contributed by atoms with van der Waals surface area (Å²) in [5, 5.41) is 13.2. The van der Waals surface area contributed by atoms with Gasteiger partial charge in [0.2, 0.25) is 11.8 Å². The lowest BCUT2D eigenvalue weighted by atomic mass is 10.1. The third-order valence-electron chi connectivity index (χ3n) is 6.29. The Bertz CT molecular complexity index is 1370. The van der Waals surface area contributed by atoms with Crippen molar-refractivity contribution in [2.45, 2.75) is 31.4 Å². The molecule has 6 rings (SSSR count). The summed E-state index contributed by atoms with van der Waals surface area (Å²) in [6.45, 7) is 2.56. The lowest BCUT2D eigenvalue weighted by Crippen LogP contribution is -2.38. The van der Waals surface area contributed by atoms with E-state index in [1.165, 1.54) is 11.3 Å². The zero-order valence-electron chi connectivity index (χ0n) is 19.8. The van der Waals surface area contributed by atoms with Crippen LogP contribution in [0.1, 0.15) is 29.6 Å². The Hall–Kier alpha value is -3.48. The number of aryl methyl sites for hydroxylation is 1. The highest BCUT2D eigenvalue weighted by molar-refractivity contribution is 7.14. The highest BCUT2D eigenvalue weighted by atomic mass is 32.1. The SMILES string of the molecule is Cn1cc(-n2ccc3nc(Nc4cc(C(=O)NC5CCOCC5)cs4)nc(O[C@H]4CCOC4)c32)cn1. The van der Waals surface area contributed by atoms with Crippen LogP contribution in [0.4, 0.5) is 10.9 Å². The molecule has 0 bridgehead atoms. The number of nitrogens with zero attached hydrogens (tertiary/aromatic N) is 5. The summed E-state index contributed by atoms with van der Waals surface area (Å²) in [7, 11) is 1.88. The molecule has 188 valence electrons. The summed E-state index contributed by atoms with van der Waals surface area (Å²) < 4.78 is 20.9. The highest BCUT2D eigenvalue weighted by Crippen LogP contribution is 2.31. The van der Waals surface area contributed by atoms with Crippen LogP contribution in [0.5, 0.6) is 5.88 Å². The quantitative estimate of drug-likeness (QED) is 0.390. The number of ether oxygens (including phenoxy) is 3. The summed E-state index contributed by atoms with van der Waals surface area (Å²) in [6, 6.07) is 3.89. The summed E-state index contributed by atoms with van der Waals surface area (Å²) in [5.41, 5.74) is 3.00. The number of nitrogens with one attached hydrogen (secondary N) is 2. The second-order valence-corrected chi connectivity index (χ2v) is 9.84. The topological polar surface area (TPSA) is 117 Å². The smallest absolute Gasteiger partial charge is 0.252 e. The van der Waals surface area contributed by atoms with Crippen LogP contribution >= 0.6 is 11.3 Å². The molecule has 0 unspecified atom stereocenters. The monoisotopic (exact) mass is 509 g/mol. The van der Waals surface area contributed by atoms with Crippen molar-refractivity contribution in [3.05, 3.63) is 41.7 Å². The number of thiophene rings is 1. The Morgan fingerprint density at radius 3 is 2.83 bits per heavy atom. The van der Waals surface area contributed by atoms with E-state index in [9.17, 15) is 4.79 Å². The molecule has 1 amide bonds. The largest absolute Gasteiger partial charge is 0.470 e. The number of hydrogen-bond acceptors (Lipinski definition) is 9. The molecule has 1 atom stereocenters. The van der Waals surface area contributed by atoms with Gasteiger partial charge in [0.1, 0.15) is 11.6 Å². The second kappa shape index (κ2) is 9.88. The lowest BCUT2D eigenvalue weighted by Gasteiger charge is -2.22. The molecule has 2 N–H and O–H groups in total. The number of fused-ring (bicyclic) bond motifs is 1. The molecule has 0 saturated carbocycles. The predicted octanol–water partition coefficient (Wildman–Crippen LogP) is 3.04. The number of carbonyl (C=O) groups is 1. The zero-order chi connectivity index (χ0) is 24.5. The van der Waals surface area contributed by atoms with E-state index >= 15 is 0 Å². The minimum absolute atomic E-state index is 0.0737. The summed E-state index contributed by atoms with van der Waals surface area (Å²) >= 11 is 1.43. The Kier molecular flexibility index (Phi) is 6.30. The minimum atomic E-state index is -0.0821. The lowest BCUT2D eigenvalue weighted by molar-refractivity contribution is 0.0696. The van der Waals surface area contributed by atoms with E-state index in [2.05, 4.69) is 15.7 Å². The third kappa shape index (κ3) is 4.79. The van der Waals surface area contributed by atoms with E-state index in [-0.39, 0.29) is 18.1 Å². The van der Waals surface area contributed by atoms with Crippen LogP contribution in [-0.4, -0.2) is 68.8 Å². The molecule has 0 aliphatic carbocycles. The highest BCUT2D eigenvalue weighted by Gasteiger charge is 2.23. The van der Waals surface area contributed by atoms with Gasteiger partial charge in [-0.1, -0.05) is 0 Å². The minimum Gasteiger partial charge on any atom is -0.470 e. The normalized spacial score (nSPS) is 18.5. The first-order valence-corrected chi connectivity index (χ1v) is 12.9. The molecule has 4 aromatic heterocycles. The van der Waals surface area contributed by atoms with Crippen molar-refractivity contribution in [1.29, 1.82) is 0 Å². The number of anilines is 2. The van der Waals surface area contributed by atoms with Gasteiger partial charge >= 0.3 is 0 Å². The first-order chi connectivity index (χ1) is 17.6. The van der Waals surface area contributed by atoms with Gasteiger partial charge < -0.3 is 29.4 Å². The van der Waals surface area contributed by atoms with Crippen LogP contribution in [0.2, 0.25) is 0 Å². The molecule has 2 aliphatic heterocycles. The number of amides is 1. The average Bonchev–Trinajstić information content (AvgIpc) is 3.67. The van der Waals surface area contributed by atoms with Gasteiger partial charge in [-0.15, -0.1) is 11.3 Å². The zero-order valence-corrected chi connectivity index (χ0v) is 20.7. The molecule has 11 nitrogen and oxygen atoms in total. The molecule has 0 aromatic carbocycles. The van der Waals surface area contributed by atoms with Gasteiger partial charge in [0.15, 0.2) is 0 Å². The Balaban J connectivity index is 1.26. The molecule has 36 heavy (non-hydrogen) atoms. The second-order valence-electron chi connectivity index (χ2n) is 8.93. The molecule has 0 spiro atoms. The fourth-order valence-electron chi connectivity index (χ4n) is 4.40. The summed E-state index contributed by atoms with van der Waals surface area (Å²) in [6.07, 6.45) is 8.04. The van der Waals surface area contributed by atoms with Crippen LogP contribution in [0.15, 0.2) is 36.1 Å². The molecule has 12 heteroatoms. The maximum atomic E-state index is 12.7. The molecule has 0 radical (unpaired) electrons. The van der Waals surface area contributed by atoms with Crippen molar-refractivity contribution >= 4 is 39.2 Å². The van der Waals surface area contributed by atoms with E-state index in [1.807, 2.05) is 41.5 Å². The van der Waals surface area contributed by atoms with Gasteiger partial charge in [0, 0.05) is 50.5 Å². The molecular weight excluding hydrogens is 482 g/mol. The molecule has 2 aliphatic rings. The fraction of sp³-hybridized carbons (Fsp3) is 0.417. The molecule has 2 saturated heterocycles. The molecule has 2 fully saturated rings. The van der Waals surface area contributed by atoms with Crippen molar-refractivity contribution in [3.8, 4) is 11.6 Å². The van der Waals surface area contributed by atoms with Crippen LogP contribution < -0.4 is 15.4 Å². The molecular formula is C24H27N7O4S. The van der Waals surface area contributed by atoms with E-state index in [1.54, 1.807) is 10.9 Å². The van der Waals surface area contributed by atoms with Crippen LogP contribution in [0, 0.1) is 0 Å². The van der Waals surface area contributed by atoms with Gasteiger partial charge in [-0.2, -0.15) is 10.1 Å². The predicted molar refractivity (Wildman–Crippen MR) is 134 cm³/mol. The van der Waals surface area contributed by atoms with E-state index in [0.29, 0.717) is 43.8 Å². The number of carbonyl (C=O) groups excluding carboxylic acids is 1. The van der Waals surface area contributed by atoms with E-state index in [4.69, 9.17) is 24.2 Å². The fourth-order valence-corrected chi connectivity index (χ4v) is 5.18. The van der Waals surface area contributed by atoms with Gasteiger partial charge in [-0.3, -0.25) is 9.48 Å². The van der Waals surface area contributed by atoms with Crippen molar-refractivity contribution in [3.63, 3.8) is 0 Å². The maximum absolute atomic E-state index is 12.7. The number of rotatable bonds is 7. The van der Waals surface area contributed by atoms with Crippen molar-refractivity contribution in [2.75, 3.05) is 31.7 Å². The Labute approximate surface area is 211 Å². The Morgan fingerprint density at radius 1 is 1.19 bits per heavy atom. The van der Waals surface area contributed by atoms with Crippen molar-refractivity contribution in [2.24, 2.45) is 7.05 Å². The Morgan fingerprint density at radius 2 is 2.06 bits per heavy atom. The van der Waals surface area contributed by atoms with Gasteiger partial charge in [-0.25, -0.2) is 4.98 Å². The average molecular weight is 510 g/mol. The van der Waals surface area contributed by atoms with Crippen molar-refractivity contribution < 1.29 is 19.0 Å². The van der Waals surface area contributed by atoms with Crippen LogP contribution in [0.3, 0.4) is 0 Å². The summed E-state index contributed by atoms with van der Waals surface area (Å²) in [4.78, 5) is 22.1. The number of aromatic nitrogens is 5. The van der Waals surface area contributed by atoms with E-state index < -0.39 is 0 Å². The first-order valence-electron chi connectivity index (χ1n) is 12.0. The number of hydrogen-bond donors (Lipinski definition) is 2. The molecule has 6 heterocycles. The van der Waals surface area contributed by atoms with Gasteiger partial charge in [0.05, 0.1) is 41.2 Å². The standard InChI is InChI=1S/C24H27N7O4S/c1-30-12-17(11-25-30)31-6-2-19-21(31)23(35-18-5-9-34-13-18)29-24(27-19)28-20-10-15(14-36-20)22(32)26-16-3-7-33-8-4-16/h2,6,10-12,14,16,18H,3-5,7-9,13H2,1H3,(H,26,32)(H,27,28,29)/t18-/m0/s1. The maximum Gasteiger partial charge on any atom is 0.252 e. The van der Waals surface area contributed by atoms with Crippen LogP contribution in [0.25, 0.3) is 16.7 Å². The van der Waals surface area contributed by atoms with Gasteiger partial charge in [-0.05, 0) is 25.0 Å². The third-order valence-corrected chi connectivity index (χ3v) is 7.14. The van der Waals surface area contributed by atoms with E-state index in [0.717, 1.165) is 41.0 Å². The molecule has 4 aromatic rings. The summed E-state index contributed by atoms with van der Waals surface area (Å²) in [5.74, 6) is 0.792.